The fourth-order valence-corrected chi connectivity index (χ4v) is 4.28. The Morgan fingerprint density at radius 1 is 0.833 bits per heavy atom. The zero-order chi connectivity index (χ0) is 25.3. The fourth-order valence-electron chi connectivity index (χ4n) is 4.28. The average Bonchev–Trinajstić information content (AvgIpc) is 2.91. The number of nitrogens with one attached hydrogen (secondary N) is 1. The van der Waals surface area contributed by atoms with E-state index < -0.39 is 6.04 Å². The molecule has 1 N–H and O–H groups in total. The van der Waals surface area contributed by atoms with E-state index in [0.717, 1.165) is 27.5 Å². The molecule has 36 heavy (non-hydrogen) atoms. The van der Waals surface area contributed by atoms with Crippen LogP contribution in [0.5, 0.6) is 5.75 Å². The minimum Gasteiger partial charge on any atom is -0.483 e. The number of amides is 2. The van der Waals surface area contributed by atoms with Crippen molar-refractivity contribution >= 4 is 22.6 Å². The van der Waals surface area contributed by atoms with Gasteiger partial charge in [-0.25, -0.2) is 0 Å². The molecule has 0 saturated heterocycles. The van der Waals surface area contributed by atoms with E-state index in [9.17, 15) is 9.59 Å². The molecule has 0 fully saturated rings. The molecule has 0 aliphatic carbocycles. The molecule has 0 saturated carbocycles. The van der Waals surface area contributed by atoms with E-state index in [1.54, 1.807) is 4.90 Å². The molecule has 0 radical (unpaired) electrons. The van der Waals surface area contributed by atoms with Gasteiger partial charge in [0.25, 0.3) is 5.91 Å². The van der Waals surface area contributed by atoms with Gasteiger partial charge in [0.05, 0.1) is 0 Å². The number of benzene rings is 4. The predicted octanol–water partition coefficient (Wildman–Crippen LogP) is 5.30. The van der Waals surface area contributed by atoms with Crippen molar-refractivity contribution in [2.24, 2.45) is 0 Å². The van der Waals surface area contributed by atoms with Gasteiger partial charge in [-0.05, 0) is 36.4 Å². The summed E-state index contributed by atoms with van der Waals surface area (Å²) in [4.78, 5) is 28.6. The Kier molecular flexibility index (Phi) is 8.35. The molecule has 0 bridgehead atoms. The lowest BCUT2D eigenvalue weighted by Crippen LogP contribution is -2.51. The van der Waals surface area contributed by atoms with Crippen LogP contribution in [0.1, 0.15) is 23.6 Å². The second-order valence-corrected chi connectivity index (χ2v) is 8.87. The maximum absolute atomic E-state index is 13.7. The zero-order valence-electron chi connectivity index (χ0n) is 20.8. The molecule has 0 heterocycles. The number of ether oxygens (including phenoxy) is 1. The molecular weight excluding hydrogens is 448 g/mol. The van der Waals surface area contributed by atoms with Crippen LogP contribution in [-0.2, 0) is 22.6 Å². The number of rotatable bonds is 10. The number of hydrogen-bond acceptors (Lipinski definition) is 3. The maximum atomic E-state index is 13.7. The van der Waals surface area contributed by atoms with Crippen LogP contribution < -0.4 is 10.1 Å². The molecule has 184 valence electrons. The Hall–Kier alpha value is -4.12. The number of carbonyl (C=O) groups is 2. The molecule has 5 nitrogen and oxygen atoms in total. The fraction of sp³-hybridized carbons (Fsp3) is 0.226. The molecule has 0 aliphatic heterocycles. The summed E-state index contributed by atoms with van der Waals surface area (Å²) in [6, 6.07) is 30.9. The zero-order valence-corrected chi connectivity index (χ0v) is 20.8. The third-order valence-electron chi connectivity index (χ3n) is 6.20. The number of nitrogens with zero attached hydrogens (tertiary/aromatic N) is 1. The first-order valence-electron chi connectivity index (χ1n) is 12.3. The van der Waals surface area contributed by atoms with Gasteiger partial charge in [-0.3, -0.25) is 9.59 Å². The minimum atomic E-state index is -0.669. The Bertz CT molecular complexity index is 1300. The van der Waals surface area contributed by atoms with Gasteiger partial charge in [0, 0.05) is 24.9 Å². The highest BCUT2D eigenvalue weighted by molar-refractivity contribution is 5.90. The van der Waals surface area contributed by atoms with Gasteiger partial charge < -0.3 is 15.0 Å². The topological polar surface area (TPSA) is 58.6 Å². The maximum Gasteiger partial charge on any atom is 0.261 e. The SMILES string of the molecule is CCNC(=O)C(Cc1ccccc1)N(Cc1ccc(C)cc1)C(=O)COc1cccc2ccccc12. The molecule has 0 aromatic heterocycles. The Balaban J connectivity index is 1.62. The molecule has 4 rings (SSSR count). The third-order valence-corrected chi connectivity index (χ3v) is 6.20. The van der Waals surface area contributed by atoms with Crippen LogP contribution in [0.2, 0.25) is 0 Å². The predicted molar refractivity (Wildman–Crippen MR) is 144 cm³/mol. The first-order valence-corrected chi connectivity index (χ1v) is 12.3. The standard InChI is InChI=1S/C31H32N2O3/c1-3-32-31(35)28(20-24-10-5-4-6-11-24)33(21-25-18-16-23(2)17-19-25)30(34)22-36-29-15-9-13-26-12-7-8-14-27(26)29/h4-19,28H,3,20-22H2,1-2H3,(H,32,35). The van der Waals surface area contributed by atoms with Gasteiger partial charge in [-0.1, -0.05) is 96.6 Å². The largest absolute Gasteiger partial charge is 0.483 e. The first kappa shape index (κ1) is 25.0. The summed E-state index contributed by atoms with van der Waals surface area (Å²) in [5.74, 6) is 0.233. The molecule has 2 amide bonds. The summed E-state index contributed by atoms with van der Waals surface area (Å²) in [5.41, 5.74) is 3.09. The highest BCUT2D eigenvalue weighted by atomic mass is 16.5. The number of aryl methyl sites for hydroxylation is 1. The van der Waals surface area contributed by atoms with Crippen LogP contribution in [0.3, 0.4) is 0 Å². The summed E-state index contributed by atoms with van der Waals surface area (Å²) in [6.07, 6.45) is 0.415. The van der Waals surface area contributed by atoms with Gasteiger partial charge in [-0.2, -0.15) is 0 Å². The van der Waals surface area contributed by atoms with E-state index >= 15 is 0 Å². The lowest BCUT2D eigenvalue weighted by Gasteiger charge is -2.31. The van der Waals surface area contributed by atoms with E-state index in [0.29, 0.717) is 25.3 Å². The van der Waals surface area contributed by atoms with Crippen LogP contribution in [-0.4, -0.2) is 35.9 Å². The van der Waals surface area contributed by atoms with Crippen molar-refractivity contribution in [3.8, 4) is 5.75 Å². The molecule has 0 aliphatic rings. The van der Waals surface area contributed by atoms with Gasteiger partial charge in [-0.15, -0.1) is 0 Å². The minimum absolute atomic E-state index is 0.162. The van der Waals surface area contributed by atoms with Gasteiger partial charge in [0.15, 0.2) is 6.61 Å². The Labute approximate surface area is 212 Å². The van der Waals surface area contributed by atoms with Crippen LogP contribution in [0.15, 0.2) is 97.1 Å². The normalized spacial score (nSPS) is 11.6. The number of likely N-dealkylation sites (N-methyl/N-ethyl adjacent to an activating group) is 1. The van der Waals surface area contributed by atoms with Gasteiger partial charge in [0.1, 0.15) is 11.8 Å². The number of fused-ring (bicyclic) bond motifs is 1. The number of hydrogen-bond donors (Lipinski definition) is 1. The van der Waals surface area contributed by atoms with Crippen molar-refractivity contribution in [2.45, 2.75) is 32.9 Å². The van der Waals surface area contributed by atoms with Crippen molar-refractivity contribution in [3.05, 3.63) is 114 Å². The van der Waals surface area contributed by atoms with Crippen LogP contribution in [0.4, 0.5) is 0 Å². The molecular formula is C31H32N2O3. The van der Waals surface area contributed by atoms with E-state index in [2.05, 4.69) is 5.32 Å². The smallest absolute Gasteiger partial charge is 0.261 e. The molecule has 1 unspecified atom stereocenters. The summed E-state index contributed by atoms with van der Waals surface area (Å²) in [5, 5.41) is 4.91. The highest BCUT2D eigenvalue weighted by Crippen LogP contribution is 2.25. The lowest BCUT2D eigenvalue weighted by atomic mass is 10.0. The third kappa shape index (κ3) is 6.30. The molecule has 4 aromatic rings. The van der Waals surface area contributed by atoms with Crippen LogP contribution >= 0.6 is 0 Å². The van der Waals surface area contributed by atoms with Crippen molar-refractivity contribution in [2.75, 3.05) is 13.2 Å². The average molecular weight is 481 g/mol. The second kappa shape index (κ2) is 12.0. The first-order chi connectivity index (χ1) is 17.5. The quantitative estimate of drug-likeness (QED) is 0.335. The van der Waals surface area contributed by atoms with Gasteiger partial charge in [0.2, 0.25) is 5.91 Å². The molecule has 4 aromatic carbocycles. The van der Waals surface area contributed by atoms with Crippen molar-refractivity contribution in [1.29, 1.82) is 0 Å². The second-order valence-electron chi connectivity index (χ2n) is 8.87. The number of carbonyl (C=O) groups excluding carboxylic acids is 2. The Morgan fingerprint density at radius 3 is 2.28 bits per heavy atom. The van der Waals surface area contributed by atoms with Crippen molar-refractivity contribution in [1.82, 2.24) is 10.2 Å². The summed E-state index contributed by atoms with van der Waals surface area (Å²) in [6.45, 7) is 4.55. The highest BCUT2D eigenvalue weighted by Gasteiger charge is 2.30. The van der Waals surface area contributed by atoms with E-state index in [-0.39, 0.29) is 18.4 Å². The van der Waals surface area contributed by atoms with Gasteiger partial charge >= 0.3 is 0 Å². The van der Waals surface area contributed by atoms with Crippen molar-refractivity contribution < 1.29 is 14.3 Å². The van der Waals surface area contributed by atoms with Crippen molar-refractivity contribution in [3.63, 3.8) is 0 Å². The molecule has 0 spiro atoms. The summed E-state index contributed by atoms with van der Waals surface area (Å²) in [7, 11) is 0. The molecule has 5 heteroatoms. The summed E-state index contributed by atoms with van der Waals surface area (Å²) < 4.78 is 6.04. The summed E-state index contributed by atoms with van der Waals surface area (Å²) >= 11 is 0. The van der Waals surface area contributed by atoms with Crippen LogP contribution in [0, 0.1) is 6.92 Å². The van der Waals surface area contributed by atoms with E-state index in [4.69, 9.17) is 4.74 Å². The van der Waals surface area contributed by atoms with E-state index in [1.165, 1.54) is 0 Å². The Morgan fingerprint density at radius 2 is 1.53 bits per heavy atom. The monoisotopic (exact) mass is 480 g/mol. The lowest BCUT2D eigenvalue weighted by molar-refractivity contribution is -0.142. The van der Waals surface area contributed by atoms with Crippen LogP contribution in [0.25, 0.3) is 10.8 Å². The van der Waals surface area contributed by atoms with E-state index in [1.807, 2.05) is 111 Å². The molecule has 1 atom stereocenters.